The molecular formula is C7H13NO. The lowest BCUT2D eigenvalue weighted by Gasteiger charge is -2.05. The van der Waals surface area contributed by atoms with Crippen LogP contribution in [0.15, 0.2) is 11.5 Å². The van der Waals surface area contributed by atoms with E-state index >= 15 is 0 Å². The van der Waals surface area contributed by atoms with Gasteiger partial charge in [-0.25, -0.2) is 0 Å². The second-order valence-corrected chi connectivity index (χ2v) is 2.49. The highest BCUT2D eigenvalue weighted by Crippen LogP contribution is 2.21. The van der Waals surface area contributed by atoms with Crippen molar-refractivity contribution in [2.75, 3.05) is 7.05 Å². The van der Waals surface area contributed by atoms with Crippen LogP contribution in [0.3, 0.4) is 0 Å². The quantitative estimate of drug-likeness (QED) is 0.572. The molecule has 0 saturated heterocycles. The highest BCUT2D eigenvalue weighted by molar-refractivity contribution is 5.09. The van der Waals surface area contributed by atoms with E-state index in [4.69, 9.17) is 4.74 Å². The third-order valence-electron chi connectivity index (χ3n) is 1.53. The molecule has 2 nitrogen and oxygen atoms in total. The van der Waals surface area contributed by atoms with Gasteiger partial charge in [0, 0.05) is 13.5 Å². The summed E-state index contributed by atoms with van der Waals surface area (Å²) in [7, 11) is 1.89. The maximum absolute atomic E-state index is 5.39. The van der Waals surface area contributed by atoms with Crippen molar-refractivity contribution in [2.45, 2.75) is 26.4 Å². The minimum atomic E-state index is 0.368. The summed E-state index contributed by atoms with van der Waals surface area (Å²) >= 11 is 0. The Kier molecular flexibility index (Phi) is 1.65. The van der Waals surface area contributed by atoms with Crippen LogP contribution in [0.4, 0.5) is 0 Å². The topological polar surface area (TPSA) is 21.3 Å². The van der Waals surface area contributed by atoms with E-state index in [1.54, 1.807) is 0 Å². The van der Waals surface area contributed by atoms with Crippen molar-refractivity contribution in [3.05, 3.63) is 11.5 Å². The molecule has 1 N–H and O–H groups in total. The van der Waals surface area contributed by atoms with Gasteiger partial charge in [-0.1, -0.05) is 0 Å². The normalized spacial score (nSPS) is 26.3. The van der Waals surface area contributed by atoms with E-state index in [2.05, 4.69) is 19.2 Å². The van der Waals surface area contributed by atoms with Crippen LogP contribution >= 0.6 is 0 Å². The Morgan fingerprint density at radius 3 is 2.56 bits per heavy atom. The molecule has 1 heterocycles. The summed E-state index contributed by atoms with van der Waals surface area (Å²) in [6.45, 7) is 4.17. The molecule has 1 aliphatic heterocycles. The van der Waals surface area contributed by atoms with Crippen molar-refractivity contribution < 1.29 is 4.74 Å². The van der Waals surface area contributed by atoms with Gasteiger partial charge in [0.25, 0.3) is 0 Å². The summed E-state index contributed by atoms with van der Waals surface area (Å²) in [6.07, 6.45) is 1.43. The summed E-state index contributed by atoms with van der Waals surface area (Å²) in [4.78, 5) is 0. The first-order valence-electron chi connectivity index (χ1n) is 3.28. The molecule has 1 aliphatic rings. The molecule has 0 bridgehead atoms. The molecule has 0 aromatic heterocycles. The first-order valence-corrected chi connectivity index (χ1v) is 3.28. The predicted molar refractivity (Wildman–Crippen MR) is 36.9 cm³/mol. The van der Waals surface area contributed by atoms with Crippen molar-refractivity contribution in [2.24, 2.45) is 0 Å². The molecule has 0 aromatic carbocycles. The zero-order chi connectivity index (χ0) is 6.85. The molecule has 1 rings (SSSR count). The molecule has 0 aliphatic carbocycles. The van der Waals surface area contributed by atoms with Crippen LogP contribution in [0.5, 0.6) is 0 Å². The smallest absolute Gasteiger partial charge is 0.185 e. The maximum atomic E-state index is 5.39. The Labute approximate surface area is 55.9 Å². The van der Waals surface area contributed by atoms with Crippen molar-refractivity contribution in [3.8, 4) is 0 Å². The van der Waals surface area contributed by atoms with E-state index in [1.807, 2.05) is 7.05 Å². The number of rotatable bonds is 1. The molecule has 1 unspecified atom stereocenters. The second kappa shape index (κ2) is 2.29. The summed E-state index contributed by atoms with van der Waals surface area (Å²) in [5, 5.41) is 3.00. The van der Waals surface area contributed by atoms with Crippen molar-refractivity contribution in [3.63, 3.8) is 0 Å². The van der Waals surface area contributed by atoms with Gasteiger partial charge < -0.3 is 10.1 Å². The number of hydrogen-bond donors (Lipinski definition) is 1. The highest BCUT2D eigenvalue weighted by Gasteiger charge is 2.16. The average molecular weight is 127 g/mol. The van der Waals surface area contributed by atoms with Gasteiger partial charge in [0.15, 0.2) is 5.88 Å². The van der Waals surface area contributed by atoms with Gasteiger partial charge >= 0.3 is 0 Å². The van der Waals surface area contributed by atoms with Crippen LogP contribution in [0, 0.1) is 0 Å². The van der Waals surface area contributed by atoms with Gasteiger partial charge in [0.1, 0.15) is 6.10 Å². The molecule has 1 atom stereocenters. The first-order chi connectivity index (χ1) is 4.24. The standard InChI is InChI=1S/C7H13NO/c1-5-4-6(2)9-7(5)8-3/h6,8H,4H2,1-3H3. The zero-order valence-corrected chi connectivity index (χ0v) is 6.19. The fraction of sp³-hybridized carbons (Fsp3) is 0.714. The predicted octanol–water partition coefficient (Wildman–Crippen LogP) is 1.25. The van der Waals surface area contributed by atoms with E-state index in [-0.39, 0.29) is 0 Å². The minimum absolute atomic E-state index is 0.368. The van der Waals surface area contributed by atoms with Gasteiger partial charge in [0.2, 0.25) is 0 Å². The molecule has 52 valence electrons. The molecule has 2 heteroatoms. The highest BCUT2D eigenvalue weighted by atomic mass is 16.5. The number of hydrogen-bond acceptors (Lipinski definition) is 2. The van der Waals surface area contributed by atoms with Gasteiger partial charge in [-0.05, 0) is 19.4 Å². The van der Waals surface area contributed by atoms with Crippen molar-refractivity contribution in [1.82, 2.24) is 5.32 Å². The summed E-state index contributed by atoms with van der Waals surface area (Å²) < 4.78 is 5.39. The zero-order valence-electron chi connectivity index (χ0n) is 6.19. The van der Waals surface area contributed by atoms with E-state index < -0.39 is 0 Å². The van der Waals surface area contributed by atoms with Gasteiger partial charge in [-0.15, -0.1) is 0 Å². The Morgan fingerprint density at radius 2 is 2.33 bits per heavy atom. The Morgan fingerprint density at radius 1 is 1.67 bits per heavy atom. The molecule has 0 aromatic rings. The second-order valence-electron chi connectivity index (χ2n) is 2.49. The van der Waals surface area contributed by atoms with Crippen LogP contribution in [0.2, 0.25) is 0 Å². The van der Waals surface area contributed by atoms with Crippen LogP contribution < -0.4 is 5.32 Å². The number of nitrogens with one attached hydrogen (secondary N) is 1. The minimum Gasteiger partial charge on any atom is -0.476 e. The molecule has 0 radical (unpaired) electrons. The van der Waals surface area contributed by atoms with Crippen LogP contribution in [-0.2, 0) is 4.74 Å². The van der Waals surface area contributed by atoms with Gasteiger partial charge in [-0.3, -0.25) is 0 Å². The Bertz CT molecular complexity index is 140. The summed E-state index contributed by atoms with van der Waals surface area (Å²) in [5.74, 6) is 0.961. The lowest BCUT2D eigenvalue weighted by Crippen LogP contribution is -2.09. The monoisotopic (exact) mass is 127 g/mol. The molecule has 0 saturated carbocycles. The molecule has 0 amide bonds. The Balaban J connectivity index is 2.58. The van der Waals surface area contributed by atoms with Gasteiger partial charge in [0.05, 0.1) is 0 Å². The molecule has 9 heavy (non-hydrogen) atoms. The SMILES string of the molecule is CNC1=C(C)CC(C)O1. The molecular weight excluding hydrogens is 114 g/mol. The van der Waals surface area contributed by atoms with Crippen LogP contribution in [-0.4, -0.2) is 13.2 Å². The fourth-order valence-corrected chi connectivity index (χ4v) is 1.14. The van der Waals surface area contributed by atoms with E-state index in [0.29, 0.717) is 6.10 Å². The van der Waals surface area contributed by atoms with E-state index in [1.165, 1.54) is 5.57 Å². The Hall–Kier alpha value is -0.660. The van der Waals surface area contributed by atoms with Crippen LogP contribution in [0.25, 0.3) is 0 Å². The van der Waals surface area contributed by atoms with Gasteiger partial charge in [-0.2, -0.15) is 0 Å². The van der Waals surface area contributed by atoms with Crippen molar-refractivity contribution >= 4 is 0 Å². The summed E-state index contributed by atoms with van der Waals surface area (Å²) in [6, 6.07) is 0. The fourth-order valence-electron chi connectivity index (χ4n) is 1.14. The third kappa shape index (κ3) is 1.18. The average Bonchev–Trinajstić information content (AvgIpc) is 2.10. The van der Waals surface area contributed by atoms with Crippen LogP contribution in [0.1, 0.15) is 20.3 Å². The lowest BCUT2D eigenvalue weighted by atomic mass is 10.2. The molecule has 0 fully saturated rings. The van der Waals surface area contributed by atoms with E-state index in [0.717, 1.165) is 12.3 Å². The van der Waals surface area contributed by atoms with E-state index in [9.17, 15) is 0 Å². The maximum Gasteiger partial charge on any atom is 0.185 e. The lowest BCUT2D eigenvalue weighted by molar-refractivity contribution is 0.147. The third-order valence-corrected chi connectivity index (χ3v) is 1.53. The van der Waals surface area contributed by atoms with Crippen molar-refractivity contribution in [1.29, 1.82) is 0 Å². The summed E-state index contributed by atoms with van der Waals surface area (Å²) in [5.41, 5.74) is 1.32. The largest absolute Gasteiger partial charge is 0.476 e. The molecule has 0 spiro atoms. The first kappa shape index (κ1) is 6.46. The number of ether oxygens (including phenoxy) is 1.